The molecule has 0 aliphatic carbocycles. The van der Waals surface area contributed by atoms with E-state index in [-0.39, 0.29) is 5.56 Å². The standard InChI is InChI=1S/C26H26N4OS/c1-3-19-7-9-23(10-8-19)28-26(32)30(16-20-5-4-12-27-15-20)17-22-14-21-13-18(2)6-11-24(21)29-25(22)31/h4-15H,3,16-17H2,1-2H3,(H,28,32)(H,29,31). The lowest BCUT2D eigenvalue weighted by molar-refractivity contribution is 0.410. The Morgan fingerprint density at radius 2 is 1.88 bits per heavy atom. The number of hydrogen-bond acceptors (Lipinski definition) is 3. The summed E-state index contributed by atoms with van der Waals surface area (Å²) in [7, 11) is 0. The zero-order valence-electron chi connectivity index (χ0n) is 18.3. The summed E-state index contributed by atoms with van der Waals surface area (Å²) in [5.74, 6) is 0. The molecule has 2 aromatic heterocycles. The maximum absolute atomic E-state index is 12.8. The number of rotatable bonds is 6. The van der Waals surface area contributed by atoms with Crippen molar-refractivity contribution in [3.8, 4) is 0 Å². The maximum Gasteiger partial charge on any atom is 0.253 e. The van der Waals surface area contributed by atoms with Crippen molar-refractivity contribution in [3.05, 3.63) is 106 Å². The van der Waals surface area contributed by atoms with E-state index >= 15 is 0 Å². The van der Waals surface area contributed by atoms with Gasteiger partial charge in [0.25, 0.3) is 5.56 Å². The first-order chi connectivity index (χ1) is 15.5. The number of fused-ring (bicyclic) bond motifs is 1. The second kappa shape index (κ2) is 9.75. The molecule has 162 valence electrons. The van der Waals surface area contributed by atoms with Crippen LogP contribution in [0.15, 0.2) is 77.9 Å². The first kappa shape index (κ1) is 21.7. The molecule has 0 bridgehead atoms. The van der Waals surface area contributed by atoms with Crippen LogP contribution in [0, 0.1) is 6.92 Å². The minimum atomic E-state index is -0.104. The summed E-state index contributed by atoms with van der Waals surface area (Å²) in [6, 6.07) is 20.1. The summed E-state index contributed by atoms with van der Waals surface area (Å²) in [6.07, 6.45) is 4.55. The summed E-state index contributed by atoms with van der Waals surface area (Å²) < 4.78 is 0. The van der Waals surface area contributed by atoms with Crippen LogP contribution in [0.4, 0.5) is 5.69 Å². The minimum absolute atomic E-state index is 0.104. The number of H-pyrrole nitrogens is 1. The van der Waals surface area contributed by atoms with Gasteiger partial charge in [0.2, 0.25) is 0 Å². The van der Waals surface area contributed by atoms with E-state index in [1.54, 1.807) is 6.20 Å². The topological polar surface area (TPSA) is 61.0 Å². The average molecular weight is 443 g/mol. The highest BCUT2D eigenvalue weighted by molar-refractivity contribution is 7.80. The predicted octanol–water partition coefficient (Wildman–Crippen LogP) is 5.19. The lowest BCUT2D eigenvalue weighted by Crippen LogP contribution is -2.35. The first-order valence-electron chi connectivity index (χ1n) is 10.7. The maximum atomic E-state index is 12.8. The van der Waals surface area contributed by atoms with Crippen LogP contribution in [0.25, 0.3) is 10.9 Å². The number of thiocarbonyl (C=S) groups is 1. The molecule has 0 saturated carbocycles. The fraction of sp³-hybridized carbons (Fsp3) is 0.192. The normalized spacial score (nSPS) is 10.8. The van der Waals surface area contributed by atoms with E-state index < -0.39 is 0 Å². The Balaban J connectivity index is 1.62. The number of pyridine rings is 2. The van der Waals surface area contributed by atoms with Gasteiger partial charge in [-0.3, -0.25) is 9.78 Å². The van der Waals surface area contributed by atoms with E-state index in [0.717, 1.165) is 34.1 Å². The predicted molar refractivity (Wildman–Crippen MR) is 135 cm³/mol. The molecule has 4 rings (SSSR count). The molecule has 0 spiro atoms. The molecule has 0 unspecified atom stereocenters. The van der Waals surface area contributed by atoms with Crippen molar-refractivity contribution in [3.63, 3.8) is 0 Å². The van der Waals surface area contributed by atoms with Gasteiger partial charge in [0, 0.05) is 35.7 Å². The Kier molecular flexibility index (Phi) is 6.61. The van der Waals surface area contributed by atoms with Crippen molar-refractivity contribution < 1.29 is 0 Å². The molecule has 0 aliphatic heterocycles. The smallest absolute Gasteiger partial charge is 0.253 e. The number of aryl methyl sites for hydroxylation is 2. The molecule has 0 radical (unpaired) electrons. The van der Waals surface area contributed by atoms with Crippen molar-refractivity contribution in [2.45, 2.75) is 33.4 Å². The zero-order valence-corrected chi connectivity index (χ0v) is 19.1. The van der Waals surface area contributed by atoms with Crippen LogP contribution in [0.1, 0.15) is 29.2 Å². The van der Waals surface area contributed by atoms with E-state index in [4.69, 9.17) is 12.2 Å². The molecule has 0 atom stereocenters. The summed E-state index contributed by atoms with van der Waals surface area (Å²) in [6.45, 7) is 5.10. The SMILES string of the molecule is CCc1ccc(NC(=S)N(Cc2cccnc2)Cc2cc3cc(C)ccc3[nH]c2=O)cc1. The van der Waals surface area contributed by atoms with Crippen molar-refractivity contribution >= 4 is 33.9 Å². The summed E-state index contributed by atoms with van der Waals surface area (Å²) in [5, 5.41) is 4.89. The third kappa shape index (κ3) is 5.21. The van der Waals surface area contributed by atoms with Crippen molar-refractivity contribution in [1.29, 1.82) is 0 Å². The average Bonchev–Trinajstić information content (AvgIpc) is 2.80. The highest BCUT2D eigenvalue weighted by atomic mass is 32.1. The second-order valence-corrected chi connectivity index (χ2v) is 8.30. The fourth-order valence-electron chi connectivity index (χ4n) is 3.63. The Bertz CT molecular complexity index is 1280. The van der Waals surface area contributed by atoms with Gasteiger partial charge >= 0.3 is 0 Å². The quantitative estimate of drug-likeness (QED) is 0.402. The molecule has 0 amide bonds. The van der Waals surface area contributed by atoms with Gasteiger partial charge in [-0.05, 0) is 78.5 Å². The molecule has 4 aromatic rings. The van der Waals surface area contributed by atoms with E-state index in [1.165, 1.54) is 5.56 Å². The lowest BCUT2D eigenvalue weighted by atomic mass is 10.1. The molecular formula is C26H26N4OS. The number of hydrogen-bond donors (Lipinski definition) is 2. The Hall–Kier alpha value is -3.51. The second-order valence-electron chi connectivity index (χ2n) is 7.91. The molecule has 2 heterocycles. The monoisotopic (exact) mass is 442 g/mol. The number of anilines is 1. The van der Waals surface area contributed by atoms with Crippen LogP contribution < -0.4 is 10.9 Å². The Morgan fingerprint density at radius 3 is 2.59 bits per heavy atom. The van der Waals surface area contributed by atoms with Crippen LogP contribution in [-0.2, 0) is 19.5 Å². The van der Waals surface area contributed by atoms with Gasteiger partial charge in [-0.25, -0.2) is 0 Å². The van der Waals surface area contributed by atoms with E-state index in [1.807, 2.05) is 60.5 Å². The molecule has 32 heavy (non-hydrogen) atoms. The Morgan fingerprint density at radius 1 is 1.06 bits per heavy atom. The number of nitrogens with one attached hydrogen (secondary N) is 2. The molecule has 2 aromatic carbocycles. The van der Waals surface area contributed by atoms with Crippen LogP contribution in [0.2, 0.25) is 0 Å². The van der Waals surface area contributed by atoms with Gasteiger partial charge in [0.05, 0.1) is 6.54 Å². The molecule has 2 N–H and O–H groups in total. The van der Waals surface area contributed by atoms with Crippen molar-refractivity contribution in [2.75, 3.05) is 5.32 Å². The molecule has 5 nitrogen and oxygen atoms in total. The minimum Gasteiger partial charge on any atom is -0.340 e. The summed E-state index contributed by atoms with van der Waals surface area (Å²) in [5.41, 5.74) is 5.75. The molecule has 0 fully saturated rings. The van der Waals surface area contributed by atoms with Crippen LogP contribution in [0.5, 0.6) is 0 Å². The molecular weight excluding hydrogens is 416 g/mol. The van der Waals surface area contributed by atoms with Crippen molar-refractivity contribution in [2.24, 2.45) is 0 Å². The third-order valence-electron chi connectivity index (χ3n) is 5.43. The van der Waals surface area contributed by atoms with Gasteiger partial charge in [-0.1, -0.05) is 36.8 Å². The largest absolute Gasteiger partial charge is 0.340 e. The number of aromatic nitrogens is 2. The number of benzene rings is 2. The van der Waals surface area contributed by atoms with Gasteiger partial charge in [-0.2, -0.15) is 0 Å². The highest BCUT2D eigenvalue weighted by Gasteiger charge is 2.15. The first-order valence-corrected chi connectivity index (χ1v) is 11.1. The molecule has 0 saturated heterocycles. The van der Waals surface area contributed by atoms with Gasteiger partial charge in [0.15, 0.2) is 5.11 Å². The van der Waals surface area contributed by atoms with Gasteiger partial charge in [-0.15, -0.1) is 0 Å². The summed E-state index contributed by atoms with van der Waals surface area (Å²) >= 11 is 5.76. The van der Waals surface area contributed by atoms with Crippen LogP contribution in [0.3, 0.4) is 0 Å². The van der Waals surface area contributed by atoms with Crippen LogP contribution >= 0.6 is 12.2 Å². The number of aromatic amines is 1. The van der Waals surface area contributed by atoms with Crippen LogP contribution in [-0.4, -0.2) is 20.0 Å². The van der Waals surface area contributed by atoms with E-state index in [2.05, 4.69) is 40.4 Å². The molecule has 6 heteroatoms. The van der Waals surface area contributed by atoms with Gasteiger partial charge < -0.3 is 15.2 Å². The van der Waals surface area contributed by atoms with Gasteiger partial charge in [0.1, 0.15) is 0 Å². The Labute approximate surface area is 193 Å². The van der Waals surface area contributed by atoms with E-state index in [9.17, 15) is 4.79 Å². The molecule has 0 aliphatic rings. The summed E-state index contributed by atoms with van der Waals surface area (Å²) in [4.78, 5) is 22.0. The number of nitrogens with zero attached hydrogens (tertiary/aromatic N) is 2. The fourth-order valence-corrected chi connectivity index (χ4v) is 3.88. The van der Waals surface area contributed by atoms with Crippen molar-refractivity contribution in [1.82, 2.24) is 14.9 Å². The highest BCUT2D eigenvalue weighted by Crippen LogP contribution is 2.17. The zero-order chi connectivity index (χ0) is 22.5. The lowest BCUT2D eigenvalue weighted by Gasteiger charge is -2.26. The third-order valence-corrected chi connectivity index (χ3v) is 5.80. The van der Waals surface area contributed by atoms with E-state index in [0.29, 0.717) is 23.8 Å².